The molecule has 1 saturated heterocycles. The van der Waals surface area contributed by atoms with E-state index < -0.39 is 0 Å². The van der Waals surface area contributed by atoms with Gasteiger partial charge < -0.3 is 4.90 Å². The molecule has 1 saturated carbocycles. The molecule has 2 fully saturated rings. The summed E-state index contributed by atoms with van der Waals surface area (Å²) < 4.78 is 0. The van der Waals surface area contributed by atoms with Crippen LogP contribution in [0.4, 0.5) is 0 Å². The molecule has 0 aromatic rings. The Balaban J connectivity index is 1.74. The maximum atomic E-state index is 12.2. The molecule has 2 unspecified atom stereocenters. The molecule has 2 atom stereocenters. The van der Waals surface area contributed by atoms with Crippen LogP contribution < -0.4 is 0 Å². The monoisotopic (exact) mass is 237 g/mol. The fourth-order valence-corrected chi connectivity index (χ4v) is 3.65. The van der Waals surface area contributed by atoms with E-state index >= 15 is 0 Å². The summed E-state index contributed by atoms with van der Waals surface area (Å²) in [6.07, 6.45) is 8.71. The zero-order valence-corrected chi connectivity index (χ0v) is 11.5. The molecule has 1 aliphatic carbocycles. The Morgan fingerprint density at radius 2 is 1.71 bits per heavy atom. The third-order valence-electron chi connectivity index (χ3n) is 4.46. The van der Waals surface area contributed by atoms with Gasteiger partial charge in [-0.3, -0.25) is 4.79 Å². The minimum absolute atomic E-state index is 0.412. The van der Waals surface area contributed by atoms with E-state index in [1.165, 1.54) is 32.1 Å². The van der Waals surface area contributed by atoms with E-state index in [0.29, 0.717) is 17.7 Å². The molecule has 1 aliphatic heterocycles. The van der Waals surface area contributed by atoms with Crippen LogP contribution in [0.15, 0.2) is 0 Å². The van der Waals surface area contributed by atoms with Gasteiger partial charge in [-0.05, 0) is 30.6 Å². The number of amides is 1. The van der Waals surface area contributed by atoms with Crippen LogP contribution in [0.3, 0.4) is 0 Å². The van der Waals surface area contributed by atoms with Gasteiger partial charge in [0.1, 0.15) is 0 Å². The number of nitrogens with zero attached hydrogens (tertiary/aromatic N) is 1. The van der Waals surface area contributed by atoms with Crippen molar-refractivity contribution in [1.82, 2.24) is 4.90 Å². The molecule has 2 nitrogen and oxygen atoms in total. The van der Waals surface area contributed by atoms with Gasteiger partial charge in [0.25, 0.3) is 0 Å². The Morgan fingerprint density at radius 1 is 1.12 bits per heavy atom. The minimum Gasteiger partial charge on any atom is -0.342 e. The lowest BCUT2D eigenvalue weighted by Gasteiger charge is -2.35. The molecule has 2 heteroatoms. The number of carbonyl (C=O) groups is 1. The quantitative estimate of drug-likeness (QED) is 0.736. The molecule has 0 aromatic carbocycles. The Labute approximate surface area is 106 Å². The van der Waals surface area contributed by atoms with Crippen molar-refractivity contribution in [2.24, 2.45) is 17.8 Å². The maximum Gasteiger partial charge on any atom is 0.222 e. The summed E-state index contributed by atoms with van der Waals surface area (Å²) >= 11 is 0. The fraction of sp³-hybridized carbons (Fsp3) is 0.933. The molecule has 0 aromatic heterocycles. The maximum absolute atomic E-state index is 12.2. The highest BCUT2D eigenvalue weighted by Crippen LogP contribution is 2.29. The standard InChI is InChI=1S/C15H27NO/c1-12-9-13(2)11-16(10-12)15(17)8-7-14-5-3-4-6-14/h12-14H,3-11H2,1-2H3. The van der Waals surface area contributed by atoms with Crippen LogP contribution in [0.25, 0.3) is 0 Å². The normalized spacial score (nSPS) is 30.8. The molecule has 98 valence electrons. The van der Waals surface area contributed by atoms with Gasteiger partial charge in [-0.25, -0.2) is 0 Å². The summed E-state index contributed by atoms with van der Waals surface area (Å²) in [7, 11) is 0. The van der Waals surface area contributed by atoms with Crippen molar-refractivity contribution < 1.29 is 4.79 Å². The average Bonchev–Trinajstić information content (AvgIpc) is 2.77. The highest BCUT2D eigenvalue weighted by molar-refractivity contribution is 5.76. The lowest BCUT2D eigenvalue weighted by atomic mass is 9.91. The smallest absolute Gasteiger partial charge is 0.222 e. The first-order valence-corrected chi connectivity index (χ1v) is 7.43. The summed E-state index contributed by atoms with van der Waals surface area (Å²) in [5.41, 5.74) is 0. The van der Waals surface area contributed by atoms with E-state index in [2.05, 4.69) is 18.7 Å². The van der Waals surface area contributed by atoms with Gasteiger partial charge in [0.05, 0.1) is 0 Å². The van der Waals surface area contributed by atoms with Gasteiger partial charge in [-0.15, -0.1) is 0 Å². The zero-order valence-electron chi connectivity index (χ0n) is 11.5. The Kier molecular flexibility index (Phi) is 4.47. The van der Waals surface area contributed by atoms with Crippen LogP contribution in [0.1, 0.15) is 58.8 Å². The molecule has 0 radical (unpaired) electrons. The second kappa shape index (κ2) is 5.88. The summed E-state index contributed by atoms with van der Waals surface area (Å²) in [5.74, 6) is 2.64. The number of likely N-dealkylation sites (tertiary alicyclic amines) is 1. The first-order chi connectivity index (χ1) is 8.15. The van der Waals surface area contributed by atoms with Gasteiger partial charge in [-0.2, -0.15) is 0 Å². The van der Waals surface area contributed by atoms with Crippen LogP contribution in [0.5, 0.6) is 0 Å². The predicted molar refractivity (Wildman–Crippen MR) is 70.7 cm³/mol. The Hall–Kier alpha value is -0.530. The van der Waals surface area contributed by atoms with Crippen molar-refractivity contribution in [1.29, 1.82) is 0 Å². The van der Waals surface area contributed by atoms with Crippen molar-refractivity contribution >= 4 is 5.91 Å². The van der Waals surface area contributed by atoms with E-state index in [1.807, 2.05) is 0 Å². The average molecular weight is 237 g/mol. The Bertz CT molecular complexity index is 248. The predicted octanol–water partition coefficient (Wildman–Crippen LogP) is 3.46. The van der Waals surface area contributed by atoms with E-state index in [0.717, 1.165) is 31.8 Å². The molecule has 0 bridgehead atoms. The molecule has 1 amide bonds. The van der Waals surface area contributed by atoms with Crippen molar-refractivity contribution in [3.8, 4) is 0 Å². The summed E-state index contributed by atoms with van der Waals surface area (Å²) in [6, 6.07) is 0. The lowest BCUT2D eigenvalue weighted by Crippen LogP contribution is -2.42. The number of hydrogen-bond acceptors (Lipinski definition) is 1. The van der Waals surface area contributed by atoms with Crippen molar-refractivity contribution in [3.63, 3.8) is 0 Å². The van der Waals surface area contributed by atoms with Crippen molar-refractivity contribution in [2.75, 3.05) is 13.1 Å². The number of rotatable bonds is 3. The van der Waals surface area contributed by atoms with Gasteiger partial charge in [-0.1, -0.05) is 39.5 Å². The Morgan fingerprint density at radius 3 is 2.29 bits per heavy atom. The third-order valence-corrected chi connectivity index (χ3v) is 4.46. The van der Waals surface area contributed by atoms with Gasteiger partial charge in [0.15, 0.2) is 0 Å². The minimum atomic E-state index is 0.412. The van der Waals surface area contributed by atoms with Crippen LogP contribution in [0.2, 0.25) is 0 Å². The molecule has 2 aliphatic rings. The zero-order chi connectivity index (χ0) is 12.3. The molecule has 2 rings (SSSR count). The van der Waals surface area contributed by atoms with Gasteiger partial charge in [0, 0.05) is 19.5 Å². The summed E-state index contributed by atoms with van der Waals surface area (Å²) in [6.45, 7) is 6.53. The van der Waals surface area contributed by atoms with Gasteiger partial charge in [0.2, 0.25) is 5.91 Å². The van der Waals surface area contributed by atoms with E-state index in [9.17, 15) is 4.79 Å². The molecule has 17 heavy (non-hydrogen) atoms. The van der Waals surface area contributed by atoms with E-state index in [4.69, 9.17) is 0 Å². The second-order valence-electron chi connectivity index (χ2n) is 6.43. The third kappa shape index (κ3) is 3.72. The van der Waals surface area contributed by atoms with E-state index in [-0.39, 0.29) is 0 Å². The summed E-state index contributed by atoms with van der Waals surface area (Å²) in [4.78, 5) is 14.3. The molecule has 0 spiro atoms. The first-order valence-electron chi connectivity index (χ1n) is 7.43. The second-order valence-corrected chi connectivity index (χ2v) is 6.43. The highest BCUT2D eigenvalue weighted by atomic mass is 16.2. The fourth-order valence-electron chi connectivity index (χ4n) is 3.65. The first kappa shape index (κ1) is 12.9. The molecule has 1 heterocycles. The highest BCUT2D eigenvalue weighted by Gasteiger charge is 2.25. The topological polar surface area (TPSA) is 20.3 Å². The molecular formula is C15H27NO. The number of carbonyl (C=O) groups excluding carboxylic acids is 1. The number of hydrogen-bond donors (Lipinski definition) is 0. The van der Waals surface area contributed by atoms with Gasteiger partial charge >= 0.3 is 0 Å². The largest absolute Gasteiger partial charge is 0.342 e. The van der Waals surface area contributed by atoms with Crippen LogP contribution >= 0.6 is 0 Å². The molecular weight excluding hydrogens is 210 g/mol. The lowest BCUT2D eigenvalue weighted by molar-refractivity contribution is -0.134. The SMILES string of the molecule is CC1CC(C)CN(C(=O)CCC2CCCC2)C1. The molecule has 0 N–H and O–H groups in total. The van der Waals surface area contributed by atoms with E-state index in [1.54, 1.807) is 0 Å². The van der Waals surface area contributed by atoms with Crippen molar-refractivity contribution in [3.05, 3.63) is 0 Å². The van der Waals surface area contributed by atoms with Crippen molar-refractivity contribution in [2.45, 2.75) is 58.8 Å². The van der Waals surface area contributed by atoms with Crippen LogP contribution in [0, 0.1) is 17.8 Å². The number of piperidine rings is 1. The summed E-state index contributed by atoms with van der Waals surface area (Å²) in [5, 5.41) is 0. The van der Waals surface area contributed by atoms with Crippen LogP contribution in [-0.4, -0.2) is 23.9 Å². The van der Waals surface area contributed by atoms with Crippen LogP contribution in [-0.2, 0) is 4.79 Å².